The van der Waals surface area contributed by atoms with Gasteiger partial charge in [0.1, 0.15) is 0 Å². The summed E-state index contributed by atoms with van der Waals surface area (Å²) in [6, 6.07) is 6.89. The predicted octanol–water partition coefficient (Wildman–Crippen LogP) is 4.56. The molecule has 1 atom stereocenters. The molecular weight excluding hydrogens is 335 g/mol. The van der Waals surface area contributed by atoms with Crippen LogP contribution in [-0.2, 0) is 10.8 Å². The van der Waals surface area contributed by atoms with Crippen molar-refractivity contribution in [2.45, 2.75) is 69.4 Å². The van der Waals surface area contributed by atoms with E-state index in [0.29, 0.717) is 4.82 Å². The predicted molar refractivity (Wildman–Crippen MR) is 98.2 cm³/mol. The van der Waals surface area contributed by atoms with Crippen LogP contribution in [0, 0.1) is 11.5 Å². The van der Waals surface area contributed by atoms with Crippen LogP contribution in [0.2, 0.25) is 24.5 Å². The Kier molecular flexibility index (Phi) is 4.26. The quantitative estimate of drug-likeness (QED) is 0.468. The molecule has 1 aromatic rings. The van der Waals surface area contributed by atoms with Crippen molar-refractivity contribution in [1.29, 1.82) is 0 Å². The summed E-state index contributed by atoms with van der Waals surface area (Å²) < 4.78 is 0. The second-order valence-electron chi connectivity index (χ2n) is 8.59. The first kappa shape index (κ1) is 16.9. The van der Waals surface area contributed by atoms with Crippen LogP contribution in [0.1, 0.15) is 50.8 Å². The van der Waals surface area contributed by atoms with E-state index in [1.807, 2.05) is 0 Å². The van der Waals surface area contributed by atoms with E-state index in [9.17, 15) is 0 Å². The standard InChI is InChI=1S/C19H28SeSi/c1-18(2)13-17(20)19(3,4)15-9-8-14(12-16(15)18)10-11-21(5,6)7/h8-9,12,17,20H,13H2,1-7H3. The van der Waals surface area contributed by atoms with Gasteiger partial charge in [-0.2, -0.15) is 0 Å². The topological polar surface area (TPSA) is 0 Å². The van der Waals surface area contributed by atoms with E-state index in [4.69, 9.17) is 0 Å². The second kappa shape index (κ2) is 5.30. The van der Waals surface area contributed by atoms with Gasteiger partial charge in [0.25, 0.3) is 0 Å². The van der Waals surface area contributed by atoms with Crippen LogP contribution in [0.4, 0.5) is 0 Å². The molecule has 0 aliphatic heterocycles. The zero-order chi connectivity index (χ0) is 16.1. The molecular formula is C19H28SeSi. The van der Waals surface area contributed by atoms with Gasteiger partial charge in [-0.3, -0.25) is 0 Å². The van der Waals surface area contributed by atoms with Gasteiger partial charge in [-0.15, -0.1) is 0 Å². The van der Waals surface area contributed by atoms with E-state index in [1.54, 1.807) is 0 Å². The van der Waals surface area contributed by atoms with Crippen molar-refractivity contribution in [2.24, 2.45) is 0 Å². The van der Waals surface area contributed by atoms with Crippen LogP contribution in [0.25, 0.3) is 0 Å². The molecule has 0 saturated carbocycles. The zero-order valence-corrected chi connectivity index (χ0v) is 17.3. The molecule has 2 heteroatoms. The van der Waals surface area contributed by atoms with E-state index in [1.165, 1.54) is 23.1 Å². The Morgan fingerprint density at radius 1 is 1.10 bits per heavy atom. The fraction of sp³-hybridized carbons (Fsp3) is 0.579. The molecule has 0 fully saturated rings. The molecule has 2 rings (SSSR count). The molecule has 1 aliphatic carbocycles. The number of benzene rings is 1. The van der Waals surface area contributed by atoms with Gasteiger partial charge in [-0.1, -0.05) is 0 Å². The van der Waals surface area contributed by atoms with E-state index >= 15 is 0 Å². The molecule has 0 saturated heterocycles. The average molecular weight is 363 g/mol. The number of rotatable bonds is 0. The Bertz CT molecular complexity index is 609. The first-order chi connectivity index (χ1) is 9.43. The van der Waals surface area contributed by atoms with Crippen LogP contribution in [0.3, 0.4) is 0 Å². The molecule has 0 aromatic heterocycles. The average Bonchev–Trinajstić information content (AvgIpc) is 2.33. The third kappa shape index (κ3) is 3.47. The Balaban J connectivity index is 2.55. The summed E-state index contributed by atoms with van der Waals surface area (Å²) in [4.78, 5) is 0.645. The van der Waals surface area contributed by atoms with Gasteiger partial charge in [0.15, 0.2) is 0 Å². The molecule has 114 valence electrons. The molecule has 0 heterocycles. The maximum absolute atomic E-state index is 3.49. The molecule has 1 unspecified atom stereocenters. The molecule has 0 bridgehead atoms. The maximum atomic E-state index is 3.49. The van der Waals surface area contributed by atoms with Crippen molar-refractivity contribution >= 4 is 24.1 Å². The van der Waals surface area contributed by atoms with Crippen molar-refractivity contribution in [3.63, 3.8) is 0 Å². The molecule has 0 amide bonds. The van der Waals surface area contributed by atoms with E-state index in [2.05, 4.69) is 93.0 Å². The summed E-state index contributed by atoms with van der Waals surface area (Å²) in [5, 5.41) is 0. The van der Waals surface area contributed by atoms with Crippen molar-refractivity contribution in [2.75, 3.05) is 0 Å². The number of fused-ring (bicyclic) bond motifs is 1. The van der Waals surface area contributed by atoms with Gasteiger partial charge in [0.2, 0.25) is 0 Å². The fourth-order valence-corrected chi connectivity index (χ4v) is 4.80. The summed E-state index contributed by atoms with van der Waals surface area (Å²) in [6.07, 6.45) is 1.22. The normalized spacial score (nSPS) is 23.0. The second-order valence-corrected chi connectivity index (χ2v) is 14.6. The van der Waals surface area contributed by atoms with Gasteiger partial charge in [-0.05, 0) is 0 Å². The first-order valence-electron chi connectivity index (χ1n) is 7.80. The summed E-state index contributed by atoms with van der Waals surface area (Å²) in [5.74, 6) is 3.42. The van der Waals surface area contributed by atoms with Crippen LogP contribution >= 0.6 is 0 Å². The SMILES string of the molecule is CC1(C)CC([SeH])C(C)(C)c2ccc(C#C[Si](C)(C)C)cc21. The third-order valence-electron chi connectivity index (χ3n) is 4.56. The molecule has 1 aliphatic rings. The van der Waals surface area contributed by atoms with Gasteiger partial charge >= 0.3 is 140 Å². The first-order valence-corrected chi connectivity index (χ1v) is 12.4. The molecule has 0 N–H and O–H groups in total. The Morgan fingerprint density at radius 3 is 2.29 bits per heavy atom. The molecule has 0 spiro atoms. The van der Waals surface area contributed by atoms with Gasteiger partial charge < -0.3 is 0 Å². The summed E-state index contributed by atoms with van der Waals surface area (Å²) >= 11 is 2.90. The molecule has 1 aromatic carbocycles. The fourth-order valence-electron chi connectivity index (χ4n) is 3.03. The summed E-state index contributed by atoms with van der Waals surface area (Å²) in [6.45, 7) is 16.4. The summed E-state index contributed by atoms with van der Waals surface area (Å²) in [7, 11) is -1.31. The van der Waals surface area contributed by atoms with E-state index < -0.39 is 8.07 Å². The van der Waals surface area contributed by atoms with Crippen molar-refractivity contribution in [3.8, 4) is 11.5 Å². The minimum absolute atomic E-state index is 0.232. The van der Waals surface area contributed by atoms with E-state index in [-0.39, 0.29) is 10.8 Å². The number of hydrogen-bond acceptors (Lipinski definition) is 0. The van der Waals surface area contributed by atoms with Gasteiger partial charge in [0, 0.05) is 0 Å². The zero-order valence-electron chi connectivity index (χ0n) is 14.5. The van der Waals surface area contributed by atoms with Gasteiger partial charge in [-0.25, -0.2) is 0 Å². The van der Waals surface area contributed by atoms with E-state index in [0.717, 1.165) is 0 Å². The van der Waals surface area contributed by atoms with Gasteiger partial charge in [0.05, 0.1) is 0 Å². The monoisotopic (exact) mass is 364 g/mol. The Hall–Kier alpha value is -0.484. The number of hydrogen-bond donors (Lipinski definition) is 0. The van der Waals surface area contributed by atoms with Crippen LogP contribution in [-0.4, -0.2) is 24.1 Å². The van der Waals surface area contributed by atoms with Crippen molar-refractivity contribution in [3.05, 3.63) is 34.9 Å². The Morgan fingerprint density at radius 2 is 1.71 bits per heavy atom. The molecule has 21 heavy (non-hydrogen) atoms. The van der Waals surface area contributed by atoms with Crippen molar-refractivity contribution < 1.29 is 0 Å². The Labute approximate surface area is 139 Å². The van der Waals surface area contributed by atoms with Crippen LogP contribution in [0.5, 0.6) is 0 Å². The molecule has 0 nitrogen and oxygen atoms in total. The minimum atomic E-state index is -1.31. The van der Waals surface area contributed by atoms with Crippen LogP contribution in [0.15, 0.2) is 18.2 Å². The van der Waals surface area contributed by atoms with Crippen molar-refractivity contribution in [1.82, 2.24) is 0 Å². The summed E-state index contributed by atoms with van der Waals surface area (Å²) in [5.41, 5.74) is 8.14. The molecule has 0 radical (unpaired) electrons. The van der Waals surface area contributed by atoms with Crippen LogP contribution < -0.4 is 0 Å². The third-order valence-corrected chi connectivity index (χ3v) is 7.17.